The third kappa shape index (κ3) is 3.52. The lowest BCUT2D eigenvalue weighted by atomic mass is 10.2. The smallest absolute Gasteiger partial charge is 0.367 e. The topological polar surface area (TPSA) is 59.5 Å². The maximum Gasteiger partial charge on any atom is 0.367 e. The molecule has 0 saturated carbocycles. The van der Waals surface area contributed by atoms with Crippen LogP contribution in [0.3, 0.4) is 0 Å². The molecule has 1 fully saturated rings. The second-order valence-corrected chi connectivity index (χ2v) is 6.68. The van der Waals surface area contributed by atoms with Crippen molar-refractivity contribution in [2.45, 2.75) is 25.5 Å². The van der Waals surface area contributed by atoms with Crippen molar-refractivity contribution in [3.63, 3.8) is 0 Å². The maximum atomic E-state index is 12.4. The number of amides is 1. The molecule has 1 amide bonds. The summed E-state index contributed by atoms with van der Waals surface area (Å²) in [4.78, 5) is 29.8. The van der Waals surface area contributed by atoms with Crippen LogP contribution in [0.5, 0.6) is 0 Å². The van der Waals surface area contributed by atoms with Gasteiger partial charge < -0.3 is 9.64 Å². The number of esters is 1. The van der Waals surface area contributed by atoms with Gasteiger partial charge in [-0.2, -0.15) is 11.8 Å². The van der Waals surface area contributed by atoms with Gasteiger partial charge in [0.1, 0.15) is 5.69 Å². The molecule has 1 aromatic heterocycles. The molecule has 0 aliphatic carbocycles. The lowest BCUT2D eigenvalue weighted by Crippen LogP contribution is -2.41. The van der Waals surface area contributed by atoms with Crippen LogP contribution in [0.25, 0.3) is 0 Å². The van der Waals surface area contributed by atoms with Crippen molar-refractivity contribution in [1.82, 2.24) is 9.88 Å². The summed E-state index contributed by atoms with van der Waals surface area (Å²) < 4.78 is 4.88. The fraction of sp³-hybridized carbons (Fsp3) is 0.615. The third-order valence-electron chi connectivity index (χ3n) is 3.05. The number of carbonyl (C=O) groups is 2. The third-order valence-corrected chi connectivity index (χ3v) is 5.25. The van der Waals surface area contributed by atoms with Gasteiger partial charge in [0.15, 0.2) is 0 Å². The summed E-state index contributed by atoms with van der Waals surface area (Å²) in [5.41, 5.74) is 0.347. The van der Waals surface area contributed by atoms with Crippen LogP contribution in [0.4, 0.5) is 0 Å². The van der Waals surface area contributed by atoms with Gasteiger partial charge in [-0.15, -0.1) is 11.3 Å². The summed E-state index contributed by atoms with van der Waals surface area (Å²) in [6.45, 7) is 5.68. The normalized spacial score (nSPS) is 18.9. The summed E-state index contributed by atoms with van der Waals surface area (Å²) in [5.74, 6) is 0.409. The van der Waals surface area contributed by atoms with Crippen molar-refractivity contribution in [2.75, 3.05) is 25.4 Å². The first kappa shape index (κ1) is 15.3. The van der Waals surface area contributed by atoms with E-state index in [9.17, 15) is 9.59 Å². The van der Waals surface area contributed by atoms with E-state index in [1.54, 1.807) is 12.3 Å². The first-order chi connectivity index (χ1) is 9.65. The summed E-state index contributed by atoms with van der Waals surface area (Å²) in [6.07, 6.45) is 1.06. The quantitative estimate of drug-likeness (QED) is 0.798. The summed E-state index contributed by atoms with van der Waals surface area (Å²) >= 11 is 3.07. The van der Waals surface area contributed by atoms with Crippen LogP contribution in [-0.2, 0) is 4.74 Å². The fourth-order valence-corrected chi connectivity index (χ4v) is 3.83. The van der Waals surface area contributed by atoms with Crippen LogP contribution < -0.4 is 0 Å². The molecule has 0 radical (unpaired) electrons. The van der Waals surface area contributed by atoms with Crippen LogP contribution in [0.1, 0.15) is 40.6 Å². The molecule has 1 saturated heterocycles. The van der Waals surface area contributed by atoms with Gasteiger partial charge in [0.2, 0.25) is 5.01 Å². The second kappa shape index (κ2) is 7.08. The Bertz CT molecular complexity index is 490. The number of ether oxygens (including phenoxy) is 1. The van der Waals surface area contributed by atoms with Crippen LogP contribution in [-0.4, -0.2) is 52.5 Å². The van der Waals surface area contributed by atoms with Gasteiger partial charge in [-0.1, -0.05) is 6.92 Å². The molecule has 0 aromatic carbocycles. The van der Waals surface area contributed by atoms with Crippen molar-refractivity contribution < 1.29 is 14.3 Å². The number of nitrogens with zero attached hydrogens (tertiary/aromatic N) is 2. The van der Waals surface area contributed by atoms with Gasteiger partial charge in [-0.25, -0.2) is 9.78 Å². The van der Waals surface area contributed by atoms with Crippen molar-refractivity contribution in [1.29, 1.82) is 0 Å². The highest BCUT2D eigenvalue weighted by atomic mass is 32.2. The van der Waals surface area contributed by atoms with Crippen molar-refractivity contribution in [3.05, 3.63) is 16.1 Å². The molecule has 20 heavy (non-hydrogen) atoms. The van der Waals surface area contributed by atoms with E-state index in [0.29, 0.717) is 17.6 Å². The largest absolute Gasteiger partial charge is 0.461 e. The highest BCUT2D eigenvalue weighted by Gasteiger charge is 2.26. The predicted molar refractivity (Wildman–Crippen MR) is 80.5 cm³/mol. The van der Waals surface area contributed by atoms with Crippen molar-refractivity contribution in [2.24, 2.45) is 0 Å². The molecule has 5 nitrogen and oxygen atoms in total. The van der Waals surface area contributed by atoms with Crippen molar-refractivity contribution in [3.8, 4) is 0 Å². The Morgan fingerprint density at radius 1 is 1.50 bits per heavy atom. The Balaban J connectivity index is 2.04. The van der Waals surface area contributed by atoms with Crippen molar-refractivity contribution >= 4 is 35.0 Å². The minimum Gasteiger partial charge on any atom is -0.461 e. The van der Waals surface area contributed by atoms with Crippen LogP contribution in [0, 0.1) is 0 Å². The minimum absolute atomic E-state index is 0.0875. The molecular formula is C13H18N2O3S2. The average molecular weight is 314 g/mol. The van der Waals surface area contributed by atoms with Gasteiger partial charge >= 0.3 is 5.97 Å². The Morgan fingerprint density at radius 3 is 3.00 bits per heavy atom. The monoisotopic (exact) mass is 314 g/mol. The van der Waals surface area contributed by atoms with E-state index in [2.05, 4.69) is 11.9 Å². The lowest BCUT2D eigenvalue weighted by molar-refractivity contribution is 0.0526. The zero-order valence-corrected chi connectivity index (χ0v) is 13.3. The Morgan fingerprint density at radius 2 is 2.30 bits per heavy atom. The number of aromatic nitrogens is 1. The molecule has 7 heteroatoms. The van der Waals surface area contributed by atoms with E-state index < -0.39 is 5.97 Å². The van der Waals surface area contributed by atoms with Crippen LogP contribution in [0.15, 0.2) is 5.38 Å². The summed E-state index contributed by atoms with van der Waals surface area (Å²) in [5, 5.41) is 2.38. The highest BCUT2D eigenvalue weighted by Crippen LogP contribution is 2.23. The Kier molecular flexibility index (Phi) is 5.42. The number of hydrogen-bond acceptors (Lipinski definition) is 6. The van der Waals surface area contributed by atoms with E-state index in [1.165, 1.54) is 0 Å². The van der Waals surface area contributed by atoms with E-state index >= 15 is 0 Å². The van der Waals surface area contributed by atoms with Gasteiger partial charge in [0.05, 0.1) is 6.61 Å². The van der Waals surface area contributed by atoms with Crippen LogP contribution in [0.2, 0.25) is 0 Å². The van der Waals surface area contributed by atoms with Gasteiger partial charge in [-0.05, 0) is 13.3 Å². The molecule has 1 aromatic rings. The van der Waals surface area contributed by atoms with E-state index in [4.69, 9.17) is 4.74 Å². The number of carbonyl (C=O) groups excluding carboxylic acids is 2. The second-order valence-electron chi connectivity index (χ2n) is 4.41. The van der Waals surface area contributed by atoms with E-state index in [-0.39, 0.29) is 10.9 Å². The zero-order valence-electron chi connectivity index (χ0n) is 11.6. The predicted octanol–water partition coefficient (Wildman–Crippen LogP) is 2.29. The molecule has 110 valence electrons. The molecule has 0 N–H and O–H groups in total. The Labute approximate surface area is 126 Å². The summed E-state index contributed by atoms with van der Waals surface area (Å²) in [6, 6.07) is 0. The average Bonchev–Trinajstić information content (AvgIpc) is 2.96. The maximum absolute atomic E-state index is 12.4. The number of thioether (sulfide) groups is 1. The number of rotatable bonds is 4. The zero-order chi connectivity index (χ0) is 14.5. The van der Waals surface area contributed by atoms with E-state index in [0.717, 1.165) is 36.6 Å². The molecular weight excluding hydrogens is 296 g/mol. The number of thiazole rings is 1. The number of hydrogen-bond donors (Lipinski definition) is 0. The molecule has 1 aliphatic rings. The Hall–Kier alpha value is -1.08. The molecule has 1 atom stereocenters. The highest BCUT2D eigenvalue weighted by molar-refractivity contribution is 8.00. The molecule has 1 aliphatic heterocycles. The molecule has 0 spiro atoms. The fourth-order valence-electron chi connectivity index (χ4n) is 1.97. The first-order valence-corrected chi connectivity index (χ1v) is 8.62. The van der Waals surface area contributed by atoms with Gasteiger partial charge in [-0.3, -0.25) is 4.79 Å². The molecule has 2 heterocycles. The molecule has 2 rings (SSSR count). The SMILES string of the molecule is CCOC(=O)c1nc(C(=O)N2CCSC(CC)C2)cs1. The van der Waals surface area contributed by atoms with Crippen LogP contribution >= 0.6 is 23.1 Å². The minimum atomic E-state index is -0.461. The first-order valence-electron chi connectivity index (χ1n) is 6.69. The molecule has 1 unspecified atom stereocenters. The van der Waals surface area contributed by atoms with E-state index in [1.807, 2.05) is 16.7 Å². The molecule has 0 bridgehead atoms. The summed E-state index contributed by atoms with van der Waals surface area (Å²) in [7, 11) is 0. The van der Waals surface area contributed by atoms with Gasteiger partial charge in [0.25, 0.3) is 5.91 Å². The lowest BCUT2D eigenvalue weighted by Gasteiger charge is -2.31. The standard InChI is InChI=1S/C13H18N2O3S2/c1-3-9-7-15(5-6-19-9)12(16)10-8-20-11(14-10)13(17)18-4-2/h8-9H,3-7H2,1-2H3. The van der Waals surface area contributed by atoms with Gasteiger partial charge in [0, 0.05) is 29.5 Å².